The lowest BCUT2D eigenvalue weighted by atomic mass is 9.98. The number of aliphatic hydroxyl groups excluding tert-OH is 1. The predicted molar refractivity (Wildman–Crippen MR) is 151 cm³/mol. The summed E-state index contributed by atoms with van der Waals surface area (Å²) in [7, 11) is 0. The molecule has 0 aromatic heterocycles. The van der Waals surface area contributed by atoms with E-state index in [-0.39, 0.29) is 23.6 Å². The molecule has 1 saturated heterocycles. The standard InChI is InChI=1S/C30H32BrN3O5/c1-19-22(12-7-15-26(19)35)28(37)33-24(17-20-9-3-2-4-10-20)27(36)30(39)34-16-8-14-25(34)29(38)32-18-21-11-5-6-13-23(21)31/h2-7,9-13,15,24-25,27,35-36H,8,14,16-18H2,1H3,(H,32,38)(H,33,37)/t24-,25-,27-/m0/s1. The van der Waals surface area contributed by atoms with Gasteiger partial charge >= 0.3 is 0 Å². The molecule has 0 radical (unpaired) electrons. The zero-order chi connectivity index (χ0) is 27.9. The van der Waals surface area contributed by atoms with Crippen LogP contribution in [-0.4, -0.2) is 57.6 Å². The van der Waals surface area contributed by atoms with Crippen molar-refractivity contribution in [2.75, 3.05) is 6.54 Å². The first-order chi connectivity index (χ1) is 18.8. The Balaban J connectivity index is 1.50. The van der Waals surface area contributed by atoms with Gasteiger partial charge in [0.25, 0.3) is 11.8 Å². The molecule has 3 aromatic rings. The third-order valence-electron chi connectivity index (χ3n) is 7.05. The topological polar surface area (TPSA) is 119 Å². The summed E-state index contributed by atoms with van der Waals surface area (Å²) in [5, 5.41) is 27.0. The number of aliphatic hydroxyl groups is 1. The first kappa shape index (κ1) is 28.3. The molecule has 0 unspecified atom stereocenters. The van der Waals surface area contributed by atoms with E-state index in [4.69, 9.17) is 0 Å². The van der Waals surface area contributed by atoms with Gasteiger partial charge in [-0.3, -0.25) is 14.4 Å². The van der Waals surface area contributed by atoms with Crippen molar-refractivity contribution in [2.45, 2.75) is 50.9 Å². The fraction of sp³-hybridized carbons (Fsp3) is 0.300. The maximum Gasteiger partial charge on any atom is 0.254 e. The van der Waals surface area contributed by atoms with Crippen LogP contribution in [0.2, 0.25) is 0 Å². The van der Waals surface area contributed by atoms with E-state index in [0.29, 0.717) is 31.5 Å². The normalized spacial score (nSPS) is 16.4. The Labute approximate surface area is 236 Å². The second-order valence-corrected chi connectivity index (χ2v) is 10.5. The molecular formula is C30H32BrN3O5. The molecule has 1 heterocycles. The fourth-order valence-electron chi connectivity index (χ4n) is 4.81. The van der Waals surface area contributed by atoms with Gasteiger partial charge in [0.05, 0.1) is 6.04 Å². The van der Waals surface area contributed by atoms with E-state index >= 15 is 0 Å². The summed E-state index contributed by atoms with van der Waals surface area (Å²) in [5.41, 5.74) is 2.38. The van der Waals surface area contributed by atoms with E-state index in [1.807, 2.05) is 54.6 Å². The first-order valence-electron chi connectivity index (χ1n) is 12.9. The number of likely N-dealkylation sites (tertiary alicyclic amines) is 1. The molecule has 3 amide bonds. The maximum absolute atomic E-state index is 13.6. The number of aromatic hydroxyl groups is 1. The van der Waals surface area contributed by atoms with Gasteiger partial charge in [0.2, 0.25) is 5.91 Å². The molecule has 204 valence electrons. The van der Waals surface area contributed by atoms with Crippen LogP contribution in [-0.2, 0) is 22.6 Å². The van der Waals surface area contributed by atoms with E-state index < -0.39 is 30.0 Å². The molecule has 1 fully saturated rings. The molecule has 0 bridgehead atoms. The zero-order valence-electron chi connectivity index (χ0n) is 21.6. The van der Waals surface area contributed by atoms with Crippen molar-refractivity contribution >= 4 is 33.7 Å². The second-order valence-electron chi connectivity index (χ2n) is 9.66. The van der Waals surface area contributed by atoms with Gasteiger partial charge in [-0.15, -0.1) is 0 Å². The predicted octanol–water partition coefficient (Wildman–Crippen LogP) is 3.47. The summed E-state index contributed by atoms with van der Waals surface area (Å²) in [6.07, 6.45) is -0.268. The third kappa shape index (κ3) is 6.85. The summed E-state index contributed by atoms with van der Waals surface area (Å²) in [6.45, 7) is 2.26. The highest BCUT2D eigenvalue weighted by molar-refractivity contribution is 9.10. The molecule has 4 rings (SSSR count). The highest BCUT2D eigenvalue weighted by Crippen LogP contribution is 2.23. The van der Waals surface area contributed by atoms with Gasteiger partial charge in [-0.05, 0) is 55.5 Å². The van der Waals surface area contributed by atoms with Crippen LogP contribution >= 0.6 is 15.9 Å². The Hall–Kier alpha value is -3.69. The van der Waals surface area contributed by atoms with Crippen molar-refractivity contribution in [1.29, 1.82) is 0 Å². The Morgan fingerprint density at radius 3 is 2.49 bits per heavy atom. The molecule has 0 aliphatic carbocycles. The number of phenolic OH excluding ortho intramolecular Hbond substituents is 1. The Morgan fingerprint density at radius 2 is 1.74 bits per heavy atom. The summed E-state index contributed by atoms with van der Waals surface area (Å²) in [4.78, 5) is 41.2. The molecule has 3 aromatic carbocycles. The van der Waals surface area contributed by atoms with Crippen molar-refractivity contribution in [2.24, 2.45) is 0 Å². The lowest BCUT2D eigenvalue weighted by Crippen LogP contribution is -2.55. The zero-order valence-corrected chi connectivity index (χ0v) is 23.2. The van der Waals surface area contributed by atoms with Crippen LogP contribution in [0, 0.1) is 6.92 Å². The quantitative estimate of drug-likeness (QED) is 0.303. The van der Waals surface area contributed by atoms with Gasteiger partial charge in [-0.2, -0.15) is 0 Å². The molecule has 8 nitrogen and oxygen atoms in total. The lowest BCUT2D eigenvalue weighted by Gasteiger charge is -2.30. The van der Waals surface area contributed by atoms with Crippen LogP contribution in [0.5, 0.6) is 5.75 Å². The summed E-state index contributed by atoms with van der Waals surface area (Å²) in [6, 6.07) is 19.8. The van der Waals surface area contributed by atoms with E-state index in [9.17, 15) is 24.6 Å². The Kier molecular flexibility index (Phi) is 9.37. The van der Waals surface area contributed by atoms with E-state index in [1.54, 1.807) is 19.1 Å². The highest BCUT2D eigenvalue weighted by atomic mass is 79.9. The minimum atomic E-state index is -1.58. The van der Waals surface area contributed by atoms with Crippen LogP contribution in [0.15, 0.2) is 77.3 Å². The lowest BCUT2D eigenvalue weighted by molar-refractivity contribution is -0.146. The number of halogens is 1. The van der Waals surface area contributed by atoms with Crippen LogP contribution in [0.1, 0.15) is 39.9 Å². The number of carbonyl (C=O) groups is 3. The molecule has 39 heavy (non-hydrogen) atoms. The van der Waals surface area contributed by atoms with Gasteiger partial charge in [0.1, 0.15) is 11.8 Å². The van der Waals surface area contributed by atoms with E-state index in [2.05, 4.69) is 26.6 Å². The number of nitrogens with one attached hydrogen (secondary N) is 2. The van der Waals surface area contributed by atoms with Crippen LogP contribution in [0.3, 0.4) is 0 Å². The van der Waals surface area contributed by atoms with Gasteiger partial charge in [0.15, 0.2) is 6.10 Å². The van der Waals surface area contributed by atoms with Crippen molar-refractivity contribution < 1.29 is 24.6 Å². The van der Waals surface area contributed by atoms with Crippen molar-refractivity contribution in [3.63, 3.8) is 0 Å². The van der Waals surface area contributed by atoms with Gasteiger partial charge in [-0.25, -0.2) is 0 Å². The molecule has 1 aliphatic rings. The van der Waals surface area contributed by atoms with E-state index in [0.717, 1.165) is 15.6 Å². The molecular weight excluding hydrogens is 562 g/mol. The van der Waals surface area contributed by atoms with Crippen LogP contribution in [0.25, 0.3) is 0 Å². The maximum atomic E-state index is 13.6. The molecule has 4 N–H and O–H groups in total. The molecule has 3 atom stereocenters. The summed E-state index contributed by atoms with van der Waals surface area (Å²) >= 11 is 3.47. The van der Waals surface area contributed by atoms with Gasteiger partial charge in [0, 0.05) is 28.7 Å². The van der Waals surface area contributed by atoms with Crippen molar-refractivity contribution in [3.8, 4) is 5.75 Å². The minimum absolute atomic E-state index is 0.0210. The second kappa shape index (κ2) is 12.9. The number of nitrogens with zero attached hydrogens (tertiary/aromatic N) is 1. The number of phenols is 1. The number of hydrogen-bond donors (Lipinski definition) is 4. The average Bonchev–Trinajstić information content (AvgIpc) is 3.43. The Morgan fingerprint density at radius 1 is 1.03 bits per heavy atom. The third-order valence-corrected chi connectivity index (χ3v) is 7.82. The smallest absolute Gasteiger partial charge is 0.254 e. The molecule has 0 saturated carbocycles. The first-order valence-corrected chi connectivity index (χ1v) is 13.7. The molecule has 0 spiro atoms. The number of hydrogen-bond acceptors (Lipinski definition) is 5. The minimum Gasteiger partial charge on any atom is -0.508 e. The summed E-state index contributed by atoms with van der Waals surface area (Å²) < 4.78 is 0.876. The molecule has 1 aliphatic heterocycles. The van der Waals surface area contributed by atoms with Crippen LogP contribution < -0.4 is 10.6 Å². The van der Waals surface area contributed by atoms with Gasteiger partial charge < -0.3 is 25.7 Å². The number of amides is 3. The number of benzene rings is 3. The van der Waals surface area contributed by atoms with E-state index in [1.165, 1.54) is 11.0 Å². The van der Waals surface area contributed by atoms with Crippen molar-refractivity contribution in [3.05, 3.63) is 99.5 Å². The fourth-order valence-corrected chi connectivity index (χ4v) is 5.24. The Bertz CT molecular complexity index is 1330. The van der Waals surface area contributed by atoms with Gasteiger partial charge in [-0.1, -0.05) is 70.5 Å². The number of rotatable bonds is 9. The average molecular weight is 595 g/mol. The van der Waals surface area contributed by atoms with Crippen molar-refractivity contribution in [1.82, 2.24) is 15.5 Å². The highest BCUT2D eigenvalue weighted by Gasteiger charge is 2.39. The number of carbonyl (C=O) groups excluding carboxylic acids is 3. The largest absolute Gasteiger partial charge is 0.508 e. The SMILES string of the molecule is Cc1c(O)cccc1C(=O)N[C@@H](Cc1ccccc1)[C@H](O)C(=O)N1CCC[C@H]1C(=O)NCc1ccccc1Br. The molecule has 9 heteroatoms. The van der Waals surface area contributed by atoms with Crippen LogP contribution in [0.4, 0.5) is 0 Å². The summed E-state index contributed by atoms with van der Waals surface area (Å²) in [5.74, 6) is -1.43. The monoisotopic (exact) mass is 593 g/mol.